The van der Waals surface area contributed by atoms with Gasteiger partial charge in [0.2, 0.25) is 0 Å². The van der Waals surface area contributed by atoms with E-state index in [-0.39, 0.29) is 11.8 Å². The van der Waals surface area contributed by atoms with Crippen LogP contribution in [0.25, 0.3) is 0 Å². The van der Waals surface area contributed by atoms with E-state index in [1.54, 1.807) is 13.8 Å². The van der Waals surface area contributed by atoms with E-state index in [9.17, 15) is 5.11 Å². The van der Waals surface area contributed by atoms with Gasteiger partial charge in [0.25, 0.3) is 0 Å². The highest BCUT2D eigenvalue weighted by molar-refractivity contribution is 5.87. The molecule has 1 aromatic rings. The number of benzene rings is 1. The maximum Gasteiger partial charge on any atom is 0.147 e. The number of rotatable bonds is 7. The van der Waals surface area contributed by atoms with Gasteiger partial charge in [0.05, 0.1) is 11.5 Å². The van der Waals surface area contributed by atoms with E-state index in [2.05, 4.69) is 10.1 Å². The van der Waals surface area contributed by atoms with Crippen molar-refractivity contribution in [2.45, 2.75) is 32.3 Å². The second kappa shape index (κ2) is 7.26. The van der Waals surface area contributed by atoms with E-state index >= 15 is 0 Å². The lowest BCUT2D eigenvalue weighted by atomic mass is 9.96. The predicted molar refractivity (Wildman–Crippen MR) is 81.0 cm³/mol. The Hall–Kier alpha value is -1.59. The maximum absolute atomic E-state index is 9.95. The Morgan fingerprint density at radius 1 is 1.35 bits per heavy atom. The summed E-state index contributed by atoms with van der Waals surface area (Å²) < 4.78 is 0. The van der Waals surface area contributed by atoms with Crippen LogP contribution in [0.5, 0.6) is 0 Å². The minimum atomic E-state index is -0.775. The average Bonchev–Trinajstić information content (AvgIpc) is 2.42. The molecule has 0 radical (unpaired) electrons. The minimum Gasteiger partial charge on any atom is -0.409 e. The molecule has 0 saturated heterocycles. The van der Waals surface area contributed by atoms with Crippen LogP contribution in [0.15, 0.2) is 35.5 Å². The highest BCUT2D eigenvalue weighted by Gasteiger charge is 2.23. The number of nitrogens with zero attached hydrogens (tertiary/aromatic N) is 2. The van der Waals surface area contributed by atoms with Crippen molar-refractivity contribution in [2.75, 3.05) is 19.6 Å². The lowest BCUT2D eigenvalue weighted by Gasteiger charge is -2.31. The molecule has 1 atom stereocenters. The van der Waals surface area contributed by atoms with Crippen molar-refractivity contribution in [1.82, 2.24) is 4.90 Å². The van der Waals surface area contributed by atoms with Crippen molar-refractivity contribution in [3.63, 3.8) is 0 Å². The van der Waals surface area contributed by atoms with Gasteiger partial charge in [0.15, 0.2) is 0 Å². The molecule has 5 heteroatoms. The zero-order valence-electron chi connectivity index (χ0n) is 12.5. The first-order chi connectivity index (χ1) is 9.37. The van der Waals surface area contributed by atoms with Gasteiger partial charge < -0.3 is 16.0 Å². The molecule has 1 rings (SSSR count). The Morgan fingerprint density at radius 2 is 1.95 bits per heavy atom. The summed E-state index contributed by atoms with van der Waals surface area (Å²) in [5.74, 6) is -0.00565. The summed E-state index contributed by atoms with van der Waals surface area (Å²) in [5.41, 5.74) is 6.05. The van der Waals surface area contributed by atoms with Crippen LogP contribution in [0.1, 0.15) is 32.3 Å². The first-order valence-corrected chi connectivity index (χ1v) is 6.84. The molecule has 0 heterocycles. The molecule has 4 N–H and O–H groups in total. The van der Waals surface area contributed by atoms with Gasteiger partial charge in [-0.1, -0.05) is 42.4 Å². The van der Waals surface area contributed by atoms with Crippen LogP contribution in [0.3, 0.4) is 0 Å². The molecule has 0 amide bonds. The molecule has 0 bridgehead atoms. The highest BCUT2D eigenvalue weighted by Crippen LogP contribution is 2.18. The van der Waals surface area contributed by atoms with Gasteiger partial charge in [0.1, 0.15) is 5.84 Å². The molecule has 1 unspecified atom stereocenters. The molecule has 5 nitrogen and oxygen atoms in total. The molecule has 20 heavy (non-hydrogen) atoms. The van der Waals surface area contributed by atoms with Crippen LogP contribution in [0.4, 0.5) is 0 Å². The van der Waals surface area contributed by atoms with E-state index in [0.717, 1.165) is 12.1 Å². The third kappa shape index (κ3) is 5.19. The van der Waals surface area contributed by atoms with Crippen molar-refractivity contribution >= 4 is 5.84 Å². The number of hydrogen-bond acceptors (Lipinski definition) is 4. The molecule has 0 aliphatic heterocycles. The molecule has 112 valence electrons. The van der Waals surface area contributed by atoms with Crippen LogP contribution >= 0.6 is 0 Å². The summed E-state index contributed by atoms with van der Waals surface area (Å²) in [6.45, 7) is 7.49. The van der Waals surface area contributed by atoms with E-state index in [1.807, 2.05) is 37.3 Å². The Labute approximate surface area is 120 Å². The van der Waals surface area contributed by atoms with E-state index < -0.39 is 5.60 Å². The fourth-order valence-electron chi connectivity index (χ4n) is 2.24. The predicted octanol–water partition coefficient (Wildman–Crippen LogP) is 1.61. The SMILES string of the molecule is CCN(CC(C(N)=NO)c1ccccc1)CC(C)(C)O. The van der Waals surface area contributed by atoms with Crippen molar-refractivity contribution in [3.8, 4) is 0 Å². The van der Waals surface area contributed by atoms with Gasteiger partial charge in [-0.05, 0) is 26.0 Å². The number of hydrogen-bond donors (Lipinski definition) is 3. The summed E-state index contributed by atoms with van der Waals surface area (Å²) in [6.07, 6.45) is 0. The molecule has 0 spiro atoms. The molecular weight excluding hydrogens is 254 g/mol. The number of amidine groups is 1. The van der Waals surface area contributed by atoms with Gasteiger partial charge in [-0.25, -0.2) is 0 Å². The average molecular weight is 279 g/mol. The number of nitrogens with two attached hydrogens (primary N) is 1. The maximum atomic E-state index is 9.95. The van der Waals surface area contributed by atoms with Crippen LogP contribution in [0, 0.1) is 0 Å². The smallest absolute Gasteiger partial charge is 0.147 e. The van der Waals surface area contributed by atoms with Crippen LogP contribution in [-0.4, -0.2) is 46.3 Å². The summed E-state index contributed by atoms with van der Waals surface area (Å²) in [7, 11) is 0. The summed E-state index contributed by atoms with van der Waals surface area (Å²) >= 11 is 0. The second-order valence-corrected chi connectivity index (χ2v) is 5.63. The fourth-order valence-corrected chi connectivity index (χ4v) is 2.24. The van der Waals surface area contributed by atoms with Crippen molar-refractivity contribution in [1.29, 1.82) is 0 Å². The lowest BCUT2D eigenvalue weighted by molar-refractivity contribution is 0.0374. The van der Waals surface area contributed by atoms with Crippen molar-refractivity contribution < 1.29 is 10.3 Å². The lowest BCUT2D eigenvalue weighted by Crippen LogP contribution is -2.42. The third-order valence-electron chi connectivity index (χ3n) is 3.17. The first-order valence-electron chi connectivity index (χ1n) is 6.84. The highest BCUT2D eigenvalue weighted by atomic mass is 16.4. The molecule has 1 aromatic carbocycles. The van der Waals surface area contributed by atoms with Gasteiger partial charge >= 0.3 is 0 Å². The first kappa shape index (κ1) is 16.5. The van der Waals surface area contributed by atoms with Crippen LogP contribution in [0.2, 0.25) is 0 Å². The number of aliphatic hydroxyl groups is 1. The van der Waals surface area contributed by atoms with Crippen LogP contribution < -0.4 is 5.73 Å². The second-order valence-electron chi connectivity index (χ2n) is 5.63. The van der Waals surface area contributed by atoms with Crippen molar-refractivity contribution in [3.05, 3.63) is 35.9 Å². The van der Waals surface area contributed by atoms with Gasteiger partial charge in [-0.15, -0.1) is 0 Å². The van der Waals surface area contributed by atoms with Gasteiger partial charge in [-0.3, -0.25) is 4.90 Å². The third-order valence-corrected chi connectivity index (χ3v) is 3.17. The quantitative estimate of drug-likeness (QED) is 0.306. The van der Waals surface area contributed by atoms with Gasteiger partial charge in [-0.2, -0.15) is 0 Å². The zero-order chi connectivity index (χ0) is 15.2. The largest absolute Gasteiger partial charge is 0.409 e. The summed E-state index contributed by atoms with van der Waals surface area (Å²) in [4.78, 5) is 2.09. The molecule has 0 aromatic heterocycles. The molecule has 0 saturated carbocycles. The number of oxime groups is 1. The van der Waals surface area contributed by atoms with E-state index in [4.69, 9.17) is 10.9 Å². The zero-order valence-corrected chi connectivity index (χ0v) is 12.5. The summed E-state index contributed by atoms with van der Waals surface area (Å²) in [6, 6.07) is 9.71. The normalized spacial score (nSPS) is 14.6. The number of likely N-dealkylation sites (N-methyl/N-ethyl adjacent to an activating group) is 1. The minimum absolute atomic E-state index is 0.186. The van der Waals surface area contributed by atoms with Crippen molar-refractivity contribution in [2.24, 2.45) is 10.9 Å². The Bertz CT molecular complexity index is 426. The Morgan fingerprint density at radius 3 is 2.40 bits per heavy atom. The Balaban J connectivity index is 2.90. The standard InChI is InChI=1S/C15H25N3O2/c1-4-18(11-15(2,3)19)10-13(14(16)17-20)12-8-6-5-7-9-12/h5-9,13,19-20H,4,10-11H2,1-3H3,(H2,16,17). The van der Waals surface area contributed by atoms with Crippen LogP contribution in [-0.2, 0) is 0 Å². The van der Waals surface area contributed by atoms with E-state index in [1.165, 1.54) is 0 Å². The molecule has 0 aliphatic carbocycles. The van der Waals surface area contributed by atoms with Gasteiger partial charge in [0, 0.05) is 13.1 Å². The van der Waals surface area contributed by atoms with E-state index in [0.29, 0.717) is 13.1 Å². The fraction of sp³-hybridized carbons (Fsp3) is 0.533. The topological polar surface area (TPSA) is 82.1 Å². The molecular formula is C15H25N3O2. The monoisotopic (exact) mass is 279 g/mol. The molecule has 0 aliphatic rings. The Kier molecular flexibility index (Phi) is 5.98. The molecule has 0 fully saturated rings. The summed E-state index contributed by atoms with van der Waals surface area (Å²) in [5, 5.41) is 22.1.